The second kappa shape index (κ2) is 13.8. The summed E-state index contributed by atoms with van der Waals surface area (Å²) in [6, 6.07) is 22.7. The summed E-state index contributed by atoms with van der Waals surface area (Å²) in [4.78, 5) is 28.5. The number of nitrogens with zero attached hydrogens (tertiary/aromatic N) is 1. The number of ether oxygens (including phenoxy) is 1. The van der Waals surface area contributed by atoms with E-state index in [4.69, 9.17) is 27.9 Å². The van der Waals surface area contributed by atoms with Crippen LogP contribution in [-0.4, -0.2) is 29.9 Å². The van der Waals surface area contributed by atoms with Crippen molar-refractivity contribution in [3.63, 3.8) is 0 Å². The van der Waals surface area contributed by atoms with Crippen molar-refractivity contribution in [2.75, 3.05) is 13.2 Å². The standard InChI is InChI=1S/C28H30Cl2N2O3/c1-2-3-9-18-31-28(34)27(22-10-5-4-6-11-22)32(19-21-14-16-23(29)17-15-21)26(33)20-35-25-13-8-7-12-24(25)30/h4-8,10-17,27H,2-3,9,18-20H2,1H3,(H,31,34). The van der Waals surface area contributed by atoms with E-state index in [1.54, 1.807) is 41.3 Å². The summed E-state index contributed by atoms with van der Waals surface area (Å²) in [7, 11) is 0. The number of benzene rings is 3. The highest BCUT2D eigenvalue weighted by Gasteiger charge is 2.31. The van der Waals surface area contributed by atoms with Crippen LogP contribution in [0.4, 0.5) is 0 Å². The molecule has 3 aromatic carbocycles. The van der Waals surface area contributed by atoms with Gasteiger partial charge in [-0.3, -0.25) is 9.59 Å². The molecule has 0 saturated carbocycles. The molecule has 3 rings (SSSR count). The highest BCUT2D eigenvalue weighted by Crippen LogP contribution is 2.26. The lowest BCUT2D eigenvalue weighted by molar-refractivity contribution is -0.143. The lowest BCUT2D eigenvalue weighted by Crippen LogP contribution is -2.45. The van der Waals surface area contributed by atoms with Crippen LogP contribution >= 0.6 is 23.2 Å². The maximum absolute atomic E-state index is 13.5. The van der Waals surface area contributed by atoms with Crippen molar-refractivity contribution in [1.82, 2.24) is 10.2 Å². The fourth-order valence-electron chi connectivity index (χ4n) is 3.69. The van der Waals surface area contributed by atoms with Crippen LogP contribution in [0.25, 0.3) is 0 Å². The van der Waals surface area contributed by atoms with E-state index >= 15 is 0 Å². The van der Waals surface area contributed by atoms with Crippen LogP contribution in [-0.2, 0) is 16.1 Å². The summed E-state index contributed by atoms with van der Waals surface area (Å²) in [5, 5.41) is 4.03. The maximum Gasteiger partial charge on any atom is 0.261 e. The van der Waals surface area contributed by atoms with E-state index in [0.29, 0.717) is 22.3 Å². The Labute approximate surface area is 217 Å². The summed E-state index contributed by atoms with van der Waals surface area (Å²) >= 11 is 12.3. The van der Waals surface area contributed by atoms with Gasteiger partial charge in [0.1, 0.15) is 11.8 Å². The van der Waals surface area contributed by atoms with Crippen molar-refractivity contribution in [2.24, 2.45) is 0 Å². The van der Waals surface area contributed by atoms with Gasteiger partial charge in [-0.2, -0.15) is 0 Å². The molecule has 1 unspecified atom stereocenters. The zero-order chi connectivity index (χ0) is 25.0. The lowest BCUT2D eigenvalue weighted by atomic mass is 10.0. The Morgan fingerprint density at radius 1 is 0.914 bits per heavy atom. The largest absolute Gasteiger partial charge is 0.482 e. The monoisotopic (exact) mass is 512 g/mol. The topological polar surface area (TPSA) is 58.6 Å². The third kappa shape index (κ3) is 8.01. The minimum absolute atomic E-state index is 0.212. The molecule has 0 saturated heterocycles. The Morgan fingerprint density at radius 2 is 1.60 bits per heavy atom. The van der Waals surface area contributed by atoms with Gasteiger partial charge in [0.15, 0.2) is 6.61 Å². The molecule has 7 heteroatoms. The van der Waals surface area contributed by atoms with E-state index in [-0.39, 0.29) is 25.0 Å². The van der Waals surface area contributed by atoms with Crippen LogP contribution < -0.4 is 10.1 Å². The van der Waals surface area contributed by atoms with Gasteiger partial charge in [-0.05, 0) is 41.8 Å². The quantitative estimate of drug-likeness (QED) is 0.283. The summed E-state index contributed by atoms with van der Waals surface area (Å²) in [5.74, 6) is -0.154. The molecule has 0 aromatic heterocycles. The Hall–Kier alpha value is -3.02. The average molecular weight is 513 g/mol. The molecule has 35 heavy (non-hydrogen) atoms. The van der Waals surface area contributed by atoms with Gasteiger partial charge >= 0.3 is 0 Å². The van der Waals surface area contributed by atoms with Crippen molar-refractivity contribution in [3.8, 4) is 5.75 Å². The SMILES string of the molecule is CCCCCNC(=O)C(c1ccccc1)N(Cc1ccc(Cl)cc1)C(=O)COc1ccccc1Cl. The molecule has 0 fully saturated rings. The minimum Gasteiger partial charge on any atom is -0.482 e. The predicted molar refractivity (Wildman–Crippen MR) is 141 cm³/mol. The number of hydrogen-bond acceptors (Lipinski definition) is 3. The first-order valence-electron chi connectivity index (χ1n) is 11.7. The Kier molecular flexibility index (Phi) is 10.5. The van der Waals surface area contributed by atoms with Gasteiger partial charge in [0, 0.05) is 18.1 Å². The number of carbonyl (C=O) groups excluding carboxylic acids is 2. The molecule has 0 aliphatic heterocycles. The zero-order valence-electron chi connectivity index (χ0n) is 19.8. The Balaban J connectivity index is 1.90. The minimum atomic E-state index is -0.823. The number of nitrogens with one attached hydrogen (secondary N) is 1. The van der Waals surface area contributed by atoms with Gasteiger partial charge in [0.25, 0.3) is 5.91 Å². The first kappa shape index (κ1) is 26.6. The van der Waals surface area contributed by atoms with Crippen LogP contribution in [0.2, 0.25) is 10.0 Å². The smallest absolute Gasteiger partial charge is 0.261 e. The molecule has 5 nitrogen and oxygen atoms in total. The van der Waals surface area contributed by atoms with Gasteiger partial charge in [-0.25, -0.2) is 0 Å². The second-order valence-corrected chi connectivity index (χ2v) is 9.02. The first-order chi connectivity index (χ1) is 17.0. The molecule has 0 spiro atoms. The van der Waals surface area contributed by atoms with Crippen molar-refractivity contribution in [2.45, 2.75) is 38.8 Å². The van der Waals surface area contributed by atoms with E-state index < -0.39 is 6.04 Å². The summed E-state index contributed by atoms with van der Waals surface area (Å²) in [6.07, 6.45) is 2.96. The average Bonchev–Trinajstić information content (AvgIpc) is 2.87. The molecule has 3 aromatic rings. The highest BCUT2D eigenvalue weighted by molar-refractivity contribution is 6.32. The van der Waals surface area contributed by atoms with Gasteiger partial charge in [-0.15, -0.1) is 0 Å². The predicted octanol–water partition coefficient (Wildman–Crippen LogP) is 6.45. The number of rotatable bonds is 12. The van der Waals surface area contributed by atoms with Crippen molar-refractivity contribution >= 4 is 35.0 Å². The summed E-state index contributed by atoms with van der Waals surface area (Å²) in [5.41, 5.74) is 1.57. The van der Waals surface area contributed by atoms with E-state index in [0.717, 1.165) is 30.4 Å². The molecule has 2 amide bonds. The van der Waals surface area contributed by atoms with Crippen LogP contribution in [0.15, 0.2) is 78.9 Å². The molecular weight excluding hydrogens is 483 g/mol. The number of amides is 2. The van der Waals surface area contributed by atoms with E-state index in [1.165, 1.54) is 0 Å². The Morgan fingerprint density at radius 3 is 2.29 bits per heavy atom. The molecule has 0 aliphatic rings. The maximum atomic E-state index is 13.5. The van der Waals surface area contributed by atoms with Gasteiger partial charge in [-0.1, -0.05) is 97.6 Å². The van der Waals surface area contributed by atoms with Gasteiger partial charge < -0.3 is 15.0 Å². The molecular formula is C28H30Cl2N2O3. The highest BCUT2D eigenvalue weighted by atomic mass is 35.5. The zero-order valence-corrected chi connectivity index (χ0v) is 21.3. The number of unbranched alkanes of at least 4 members (excludes halogenated alkanes) is 2. The molecule has 0 heterocycles. The summed E-state index contributed by atoms with van der Waals surface area (Å²) < 4.78 is 5.74. The molecule has 0 aliphatic carbocycles. The second-order valence-electron chi connectivity index (χ2n) is 8.18. The van der Waals surface area contributed by atoms with Gasteiger partial charge in [0.05, 0.1) is 5.02 Å². The third-order valence-corrected chi connectivity index (χ3v) is 6.09. The van der Waals surface area contributed by atoms with Gasteiger partial charge in [0.2, 0.25) is 5.91 Å². The molecule has 1 atom stereocenters. The van der Waals surface area contributed by atoms with E-state index in [2.05, 4.69) is 12.2 Å². The number of carbonyl (C=O) groups is 2. The fourth-order valence-corrected chi connectivity index (χ4v) is 4.00. The first-order valence-corrected chi connectivity index (χ1v) is 12.5. The van der Waals surface area contributed by atoms with E-state index in [9.17, 15) is 9.59 Å². The van der Waals surface area contributed by atoms with E-state index in [1.807, 2.05) is 42.5 Å². The van der Waals surface area contributed by atoms with Crippen LogP contribution in [0.3, 0.4) is 0 Å². The number of halogens is 2. The van der Waals surface area contributed by atoms with Crippen LogP contribution in [0, 0.1) is 0 Å². The molecule has 0 bridgehead atoms. The lowest BCUT2D eigenvalue weighted by Gasteiger charge is -2.31. The fraction of sp³-hybridized carbons (Fsp3) is 0.286. The normalized spacial score (nSPS) is 11.5. The van der Waals surface area contributed by atoms with Crippen molar-refractivity contribution < 1.29 is 14.3 Å². The van der Waals surface area contributed by atoms with Crippen LogP contribution in [0.5, 0.6) is 5.75 Å². The van der Waals surface area contributed by atoms with Crippen molar-refractivity contribution in [3.05, 3.63) is 100 Å². The number of para-hydroxylation sites is 1. The molecule has 0 radical (unpaired) electrons. The third-order valence-electron chi connectivity index (χ3n) is 5.53. The Bertz CT molecular complexity index is 1090. The summed E-state index contributed by atoms with van der Waals surface area (Å²) in [6.45, 7) is 2.61. The molecule has 1 N–H and O–H groups in total. The van der Waals surface area contributed by atoms with Crippen molar-refractivity contribution in [1.29, 1.82) is 0 Å². The number of hydrogen-bond donors (Lipinski definition) is 1. The molecule has 184 valence electrons. The van der Waals surface area contributed by atoms with Crippen LogP contribution in [0.1, 0.15) is 43.4 Å².